The summed E-state index contributed by atoms with van der Waals surface area (Å²) in [5.41, 5.74) is 5.43. The van der Waals surface area contributed by atoms with Crippen molar-refractivity contribution in [2.45, 2.75) is 11.8 Å². The molecule has 0 saturated carbocycles. The van der Waals surface area contributed by atoms with Crippen LogP contribution in [0.25, 0.3) is 27.3 Å². The van der Waals surface area contributed by atoms with E-state index in [0.29, 0.717) is 11.5 Å². The second kappa shape index (κ2) is 8.45. The number of primary sulfonamides is 1. The molecule has 2 aromatic carbocycles. The van der Waals surface area contributed by atoms with Gasteiger partial charge in [-0.2, -0.15) is 5.10 Å². The van der Waals surface area contributed by atoms with Gasteiger partial charge in [-0.25, -0.2) is 28.2 Å². The molecule has 0 unspecified atom stereocenters. The van der Waals surface area contributed by atoms with Gasteiger partial charge in [0.15, 0.2) is 11.5 Å². The minimum atomic E-state index is -3.90. The highest BCUT2D eigenvalue weighted by molar-refractivity contribution is 7.89. The number of anilines is 1. The zero-order valence-electron chi connectivity index (χ0n) is 17.8. The van der Waals surface area contributed by atoms with E-state index in [4.69, 9.17) is 5.14 Å². The van der Waals surface area contributed by atoms with Gasteiger partial charge in [0.1, 0.15) is 0 Å². The Morgan fingerprint density at radius 1 is 1.06 bits per heavy atom. The van der Waals surface area contributed by atoms with Gasteiger partial charge in [-0.1, -0.05) is 18.2 Å². The van der Waals surface area contributed by atoms with E-state index in [-0.39, 0.29) is 16.3 Å². The summed E-state index contributed by atoms with van der Waals surface area (Å²) in [5.74, 6) is 0.0627. The van der Waals surface area contributed by atoms with Crippen LogP contribution < -0.4 is 10.5 Å². The Bertz CT molecular complexity index is 1660. The van der Waals surface area contributed by atoms with E-state index in [1.165, 1.54) is 29.5 Å². The van der Waals surface area contributed by atoms with Crippen LogP contribution in [0.4, 0.5) is 5.69 Å². The summed E-state index contributed by atoms with van der Waals surface area (Å²) in [4.78, 5) is 21.8. The number of thiazole rings is 1. The quantitative estimate of drug-likeness (QED) is 0.385. The van der Waals surface area contributed by atoms with E-state index in [2.05, 4.69) is 20.4 Å². The summed E-state index contributed by atoms with van der Waals surface area (Å²) >= 11 is 1.52. The third kappa shape index (κ3) is 4.31. The van der Waals surface area contributed by atoms with E-state index in [0.717, 1.165) is 21.5 Å². The molecule has 0 saturated heterocycles. The fraction of sp³-hybridized carbons (Fsp3) is 0.0435. The Morgan fingerprint density at radius 2 is 1.88 bits per heavy atom. The van der Waals surface area contributed by atoms with Crippen molar-refractivity contribution >= 4 is 43.2 Å². The van der Waals surface area contributed by atoms with Gasteiger partial charge in [0.2, 0.25) is 10.0 Å². The number of benzene rings is 2. The average Bonchev–Trinajstić information content (AvgIpc) is 3.45. The number of carbonyl (C=O) groups excluding carboxylic acids is 1. The molecular formula is C23H18N6O3S2. The van der Waals surface area contributed by atoms with Crippen LogP contribution in [0, 0.1) is 6.92 Å². The highest BCUT2D eigenvalue weighted by Gasteiger charge is 2.19. The molecular weight excluding hydrogens is 472 g/mol. The van der Waals surface area contributed by atoms with Crippen molar-refractivity contribution in [3.63, 3.8) is 0 Å². The van der Waals surface area contributed by atoms with Crippen molar-refractivity contribution in [1.29, 1.82) is 0 Å². The second-order valence-electron chi connectivity index (χ2n) is 7.53. The van der Waals surface area contributed by atoms with Gasteiger partial charge in [-0.15, -0.1) is 11.3 Å². The van der Waals surface area contributed by atoms with Crippen molar-refractivity contribution in [3.8, 4) is 17.1 Å². The van der Waals surface area contributed by atoms with Crippen LogP contribution in [0.1, 0.15) is 16.2 Å². The standard InChI is InChI=1S/C23H18N6O3S2/c1-14-4-2-7-22(26-14)29-20(15-8-9-18-21(10-15)33-13-25-18)12-19(28-29)23(30)27-16-5-3-6-17(11-16)34(24,31)32/h2-13H,1H3,(H,27,30)(H2,24,31,32). The van der Waals surface area contributed by atoms with E-state index >= 15 is 0 Å². The van der Waals surface area contributed by atoms with E-state index in [1.54, 1.807) is 22.3 Å². The van der Waals surface area contributed by atoms with Gasteiger partial charge in [-0.05, 0) is 55.5 Å². The normalized spacial score (nSPS) is 11.6. The molecule has 34 heavy (non-hydrogen) atoms. The zero-order valence-corrected chi connectivity index (χ0v) is 19.5. The number of nitrogens with two attached hydrogens (primary N) is 1. The van der Waals surface area contributed by atoms with Gasteiger partial charge in [0, 0.05) is 16.9 Å². The highest BCUT2D eigenvalue weighted by atomic mass is 32.2. The molecule has 9 nitrogen and oxygen atoms in total. The molecule has 0 aliphatic heterocycles. The molecule has 3 aromatic heterocycles. The van der Waals surface area contributed by atoms with E-state index < -0.39 is 15.9 Å². The lowest BCUT2D eigenvalue weighted by atomic mass is 10.1. The predicted molar refractivity (Wildman–Crippen MR) is 130 cm³/mol. The molecule has 0 radical (unpaired) electrons. The number of pyridine rings is 1. The molecule has 3 heterocycles. The lowest BCUT2D eigenvalue weighted by molar-refractivity contribution is 0.102. The van der Waals surface area contributed by atoms with Gasteiger partial charge in [0.05, 0.1) is 26.3 Å². The molecule has 11 heteroatoms. The Labute approximate surface area is 199 Å². The molecule has 0 aliphatic rings. The number of sulfonamides is 1. The maximum Gasteiger partial charge on any atom is 0.276 e. The minimum absolute atomic E-state index is 0.0988. The van der Waals surface area contributed by atoms with Gasteiger partial charge in [-0.3, -0.25) is 4.79 Å². The Morgan fingerprint density at radius 3 is 2.68 bits per heavy atom. The summed E-state index contributed by atoms with van der Waals surface area (Å²) in [6, 6.07) is 18.8. The molecule has 0 spiro atoms. The van der Waals surface area contributed by atoms with E-state index in [1.807, 2.05) is 43.3 Å². The van der Waals surface area contributed by atoms with Gasteiger partial charge in [0.25, 0.3) is 5.91 Å². The number of carbonyl (C=O) groups is 1. The van der Waals surface area contributed by atoms with Crippen LogP contribution in [0.5, 0.6) is 0 Å². The number of aryl methyl sites for hydroxylation is 1. The topological polar surface area (TPSA) is 133 Å². The monoisotopic (exact) mass is 490 g/mol. The molecule has 0 aliphatic carbocycles. The fourth-order valence-corrected chi connectivity index (χ4v) is 4.76. The smallest absolute Gasteiger partial charge is 0.276 e. The minimum Gasteiger partial charge on any atom is -0.321 e. The maximum atomic E-state index is 13.0. The molecule has 5 rings (SSSR count). The van der Waals surface area contributed by atoms with Crippen LogP contribution in [0.3, 0.4) is 0 Å². The average molecular weight is 491 g/mol. The van der Waals surface area contributed by atoms with E-state index in [9.17, 15) is 13.2 Å². The van der Waals surface area contributed by atoms with Crippen LogP contribution in [-0.4, -0.2) is 34.1 Å². The van der Waals surface area contributed by atoms with Crippen molar-refractivity contribution in [1.82, 2.24) is 19.7 Å². The number of aromatic nitrogens is 4. The first kappa shape index (κ1) is 21.9. The summed E-state index contributed by atoms with van der Waals surface area (Å²) in [6.45, 7) is 1.88. The summed E-state index contributed by atoms with van der Waals surface area (Å²) in [6.07, 6.45) is 0. The van der Waals surface area contributed by atoms with Crippen LogP contribution in [0.15, 0.2) is 77.1 Å². The molecule has 0 bridgehead atoms. The second-order valence-corrected chi connectivity index (χ2v) is 9.97. The van der Waals surface area contributed by atoms with Crippen molar-refractivity contribution in [2.75, 3.05) is 5.32 Å². The molecule has 3 N–H and O–H groups in total. The van der Waals surface area contributed by atoms with Crippen LogP contribution >= 0.6 is 11.3 Å². The summed E-state index contributed by atoms with van der Waals surface area (Å²) < 4.78 is 25.9. The van der Waals surface area contributed by atoms with Gasteiger partial charge >= 0.3 is 0 Å². The van der Waals surface area contributed by atoms with Crippen molar-refractivity contribution < 1.29 is 13.2 Å². The first-order chi connectivity index (χ1) is 16.3. The summed E-state index contributed by atoms with van der Waals surface area (Å²) in [7, 11) is -3.90. The highest BCUT2D eigenvalue weighted by Crippen LogP contribution is 2.29. The first-order valence-corrected chi connectivity index (χ1v) is 12.5. The van der Waals surface area contributed by atoms with Gasteiger partial charge < -0.3 is 5.32 Å². The number of fused-ring (bicyclic) bond motifs is 1. The lowest BCUT2D eigenvalue weighted by Crippen LogP contribution is -2.15. The number of rotatable bonds is 5. The molecule has 0 atom stereocenters. The lowest BCUT2D eigenvalue weighted by Gasteiger charge is -2.07. The van der Waals surface area contributed by atoms with Crippen LogP contribution in [-0.2, 0) is 10.0 Å². The molecule has 1 amide bonds. The predicted octanol–water partition coefficient (Wildman–Crippen LogP) is 3.75. The number of hydrogen-bond donors (Lipinski definition) is 2. The zero-order chi connectivity index (χ0) is 23.9. The SMILES string of the molecule is Cc1cccc(-n2nc(C(=O)Nc3cccc(S(N)(=O)=O)c3)cc2-c2ccc3ncsc3c2)n1. The number of hydrogen-bond acceptors (Lipinski definition) is 7. The fourth-order valence-electron chi connectivity index (χ4n) is 3.48. The van der Waals surface area contributed by atoms with Crippen LogP contribution in [0.2, 0.25) is 0 Å². The summed E-state index contributed by atoms with van der Waals surface area (Å²) in [5, 5.41) is 12.4. The first-order valence-electron chi connectivity index (χ1n) is 10.1. The number of nitrogens with zero attached hydrogens (tertiary/aromatic N) is 4. The van der Waals surface area contributed by atoms with Crippen molar-refractivity contribution in [3.05, 3.63) is 83.6 Å². The Kier molecular flexibility index (Phi) is 5.44. The molecule has 0 fully saturated rings. The molecule has 170 valence electrons. The maximum absolute atomic E-state index is 13.0. The molecule has 5 aromatic rings. The third-order valence-electron chi connectivity index (χ3n) is 5.08. The third-order valence-corrected chi connectivity index (χ3v) is 6.78. The number of nitrogens with one attached hydrogen (secondary N) is 1. The Hall–Kier alpha value is -3.93. The number of amides is 1. The van der Waals surface area contributed by atoms with Crippen molar-refractivity contribution in [2.24, 2.45) is 5.14 Å². The largest absolute Gasteiger partial charge is 0.321 e. The Balaban J connectivity index is 1.57.